The first-order valence-electron chi connectivity index (χ1n) is 4.57. The van der Waals surface area contributed by atoms with E-state index >= 15 is 0 Å². The number of hydrogen-bond donors (Lipinski definition) is 2. The minimum Gasteiger partial charge on any atom is -0.335 e. The van der Waals surface area contributed by atoms with Crippen molar-refractivity contribution in [3.8, 4) is 0 Å². The molecule has 0 aromatic carbocycles. The van der Waals surface area contributed by atoms with Gasteiger partial charge >= 0.3 is 0 Å². The third kappa shape index (κ3) is 3.84. The molecule has 0 amide bonds. The van der Waals surface area contributed by atoms with Gasteiger partial charge in [0, 0.05) is 11.8 Å². The van der Waals surface area contributed by atoms with Crippen LogP contribution < -0.4 is 4.72 Å². The second kappa shape index (κ2) is 5.53. The Hall–Kier alpha value is -0.530. The predicted octanol–water partition coefficient (Wildman–Crippen LogP) is 0.830. The molecule has 0 saturated carbocycles. The molecule has 1 atom stereocenters. The summed E-state index contributed by atoms with van der Waals surface area (Å²) in [4.78, 5) is 6.23. The van der Waals surface area contributed by atoms with Crippen LogP contribution in [0.4, 0.5) is 0 Å². The zero-order valence-corrected chi connectivity index (χ0v) is 10.4. The number of imidazole rings is 1. The van der Waals surface area contributed by atoms with E-state index in [1.165, 1.54) is 12.5 Å². The molecule has 1 aromatic heterocycles. The predicted molar refractivity (Wildman–Crippen MR) is 61.4 cm³/mol. The molecule has 1 aromatic rings. The van der Waals surface area contributed by atoms with Crippen LogP contribution in [0.25, 0.3) is 0 Å². The quantitative estimate of drug-likeness (QED) is 0.783. The maximum absolute atomic E-state index is 11.6. The van der Waals surface area contributed by atoms with Gasteiger partial charge in [-0.1, -0.05) is 6.92 Å². The van der Waals surface area contributed by atoms with Gasteiger partial charge in [0.1, 0.15) is 0 Å². The van der Waals surface area contributed by atoms with Gasteiger partial charge in [-0.05, 0) is 12.7 Å². The lowest BCUT2D eigenvalue weighted by molar-refractivity contribution is 0.576. The van der Waals surface area contributed by atoms with Gasteiger partial charge in [0.25, 0.3) is 10.0 Å². The molecule has 0 saturated heterocycles. The van der Waals surface area contributed by atoms with Crippen molar-refractivity contribution in [3.05, 3.63) is 12.5 Å². The topological polar surface area (TPSA) is 74.8 Å². The maximum atomic E-state index is 11.6. The van der Waals surface area contributed by atoms with Crippen LogP contribution in [0.3, 0.4) is 0 Å². The number of rotatable bonds is 6. The van der Waals surface area contributed by atoms with Crippen LogP contribution in [0, 0.1) is 0 Å². The average Bonchev–Trinajstić information content (AvgIpc) is 2.70. The normalized spacial score (nSPS) is 14.0. The number of hydrogen-bond acceptors (Lipinski definition) is 4. The van der Waals surface area contributed by atoms with E-state index in [-0.39, 0.29) is 5.03 Å². The van der Waals surface area contributed by atoms with Crippen LogP contribution in [-0.2, 0) is 10.0 Å². The second-order valence-electron chi connectivity index (χ2n) is 3.15. The fraction of sp³-hybridized carbons (Fsp3) is 0.625. The molecular formula is C8H15N3O2S2. The van der Waals surface area contributed by atoms with Crippen LogP contribution >= 0.6 is 11.8 Å². The fourth-order valence-corrected chi connectivity index (χ4v) is 2.29. The lowest BCUT2D eigenvalue weighted by Gasteiger charge is -2.08. The van der Waals surface area contributed by atoms with E-state index in [1.807, 2.05) is 6.26 Å². The highest BCUT2D eigenvalue weighted by atomic mass is 32.2. The van der Waals surface area contributed by atoms with Gasteiger partial charge in [0.05, 0.1) is 12.5 Å². The van der Waals surface area contributed by atoms with Crippen molar-refractivity contribution in [1.82, 2.24) is 14.7 Å². The number of sulfonamides is 1. The molecule has 1 rings (SSSR count). The molecule has 0 fully saturated rings. The molecule has 0 radical (unpaired) electrons. The molecule has 1 heterocycles. The van der Waals surface area contributed by atoms with Crippen LogP contribution in [0.1, 0.15) is 13.3 Å². The molecule has 15 heavy (non-hydrogen) atoms. The smallest absolute Gasteiger partial charge is 0.257 e. The van der Waals surface area contributed by atoms with Crippen LogP contribution in [0.15, 0.2) is 17.6 Å². The number of thioether (sulfide) groups is 1. The molecule has 0 aliphatic carbocycles. The number of nitrogens with zero attached hydrogens (tertiary/aromatic N) is 1. The Kier molecular flexibility index (Phi) is 4.62. The Morgan fingerprint density at radius 3 is 2.93 bits per heavy atom. The Bertz CT molecular complexity index is 375. The monoisotopic (exact) mass is 249 g/mol. The Morgan fingerprint density at radius 1 is 1.67 bits per heavy atom. The molecule has 1 unspecified atom stereocenters. The van der Waals surface area contributed by atoms with Gasteiger partial charge in [-0.3, -0.25) is 0 Å². The Balaban J connectivity index is 2.45. The third-order valence-corrected chi connectivity index (χ3v) is 4.43. The van der Waals surface area contributed by atoms with E-state index in [2.05, 4.69) is 21.6 Å². The second-order valence-corrected chi connectivity index (χ2v) is 6.16. The molecule has 0 spiro atoms. The van der Waals surface area contributed by atoms with E-state index in [9.17, 15) is 8.42 Å². The molecule has 86 valence electrons. The Labute approximate surface area is 94.1 Å². The summed E-state index contributed by atoms with van der Waals surface area (Å²) < 4.78 is 25.7. The lowest BCUT2D eigenvalue weighted by atomic mass is 10.3. The largest absolute Gasteiger partial charge is 0.335 e. The first kappa shape index (κ1) is 12.5. The summed E-state index contributed by atoms with van der Waals surface area (Å²) in [6.07, 6.45) is 5.46. The standard InChI is InChI=1S/C8H15N3O2S2/c1-7(14-2)3-4-11-15(12,13)8-5-9-6-10-8/h5-7,11H,3-4H2,1-2H3,(H,9,10). The molecule has 0 bridgehead atoms. The number of nitrogens with one attached hydrogen (secondary N) is 2. The SMILES string of the molecule is CSC(C)CCNS(=O)(=O)c1cnc[nH]1. The highest BCUT2D eigenvalue weighted by molar-refractivity contribution is 7.99. The first-order valence-corrected chi connectivity index (χ1v) is 7.34. The number of aromatic nitrogens is 2. The van der Waals surface area contributed by atoms with Crippen molar-refractivity contribution in [3.63, 3.8) is 0 Å². The molecule has 2 N–H and O–H groups in total. The van der Waals surface area contributed by atoms with Crippen LogP contribution in [0.2, 0.25) is 0 Å². The van der Waals surface area contributed by atoms with E-state index in [1.54, 1.807) is 11.8 Å². The van der Waals surface area contributed by atoms with Gasteiger partial charge in [-0.25, -0.2) is 18.1 Å². The van der Waals surface area contributed by atoms with Gasteiger partial charge in [0.2, 0.25) is 0 Å². The zero-order valence-electron chi connectivity index (χ0n) is 8.73. The minimum absolute atomic E-state index is 0.110. The van der Waals surface area contributed by atoms with Crippen molar-refractivity contribution >= 4 is 21.8 Å². The zero-order chi connectivity index (χ0) is 11.3. The highest BCUT2D eigenvalue weighted by Gasteiger charge is 2.14. The summed E-state index contributed by atoms with van der Waals surface area (Å²) in [5, 5.41) is 0.564. The van der Waals surface area contributed by atoms with E-state index in [4.69, 9.17) is 0 Å². The third-order valence-electron chi connectivity index (χ3n) is 2.01. The van der Waals surface area contributed by atoms with Crippen molar-refractivity contribution in [2.45, 2.75) is 23.6 Å². The summed E-state index contributed by atoms with van der Waals surface area (Å²) >= 11 is 1.72. The molecule has 7 heteroatoms. The van der Waals surface area contributed by atoms with E-state index in [0.29, 0.717) is 11.8 Å². The molecule has 0 aliphatic heterocycles. The molecular weight excluding hydrogens is 234 g/mol. The Morgan fingerprint density at radius 2 is 2.40 bits per heavy atom. The summed E-state index contributed by atoms with van der Waals surface area (Å²) in [7, 11) is -3.40. The lowest BCUT2D eigenvalue weighted by Crippen LogP contribution is -2.26. The van der Waals surface area contributed by atoms with Crippen molar-refractivity contribution in [2.24, 2.45) is 0 Å². The van der Waals surface area contributed by atoms with Crippen LogP contribution in [-0.4, -0.2) is 36.4 Å². The first-order chi connectivity index (χ1) is 7.06. The van der Waals surface area contributed by atoms with Crippen LogP contribution in [0.5, 0.6) is 0 Å². The summed E-state index contributed by atoms with van der Waals surface area (Å²) in [6.45, 7) is 2.51. The van der Waals surface area contributed by atoms with Crippen molar-refractivity contribution in [2.75, 3.05) is 12.8 Å². The van der Waals surface area contributed by atoms with E-state index in [0.717, 1.165) is 6.42 Å². The van der Waals surface area contributed by atoms with Gasteiger partial charge < -0.3 is 4.98 Å². The summed E-state index contributed by atoms with van der Waals surface area (Å²) in [5.74, 6) is 0. The van der Waals surface area contributed by atoms with Gasteiger partial charge in [-0.15, -0.1) is 0 Å². The summed E-state index contributed by atoms with van der Waals surface area (Å²) in [6, 6.07) is 0. The maximum Gasteiger partial charge on any atom is 0.257 e. The fourth-order valence-electron chi connectivity index (χ4n) is 0.982. The molecule has 5 nitrogen and oxygen atoms in total. The highest BCUT2D eigenvalue weighted by Crippen LogP contribution is 2.09. The van der Waals surface area contributed by atoms with Gasteiger partial charge in [-0.2, -0.15) is 11.8 Å². The van der Waals surface area contributed by atoms with Gasteiger partial charge in [0.15, 0.2) is 5.03 Å². The number of aromatic amines is 1. The number of H-pyrrole nitrogens is 1. The van der Waals surface area contributed by atoms with E-state index < -0.39 is 10.0 Å². The van der Waals surface area contributed by atoms with Crippen molar-refractivity contribution in [1.29, 1.82) is 0 Å². The minimum atomic E-state index is -3.40. The average molecular weight is 249 g/mol. The molecule has 0 aliphatic rings. The van der Waals surface area contributed by atoms with Crippen molar-refractivity contribution < 1.29 is 8.42 Å². The summed E-state index contributed by atoms with van der Waals surface area (Å²) in [5.41, 5.74) is 0.